The van der Waals surface area contributed by atoms with Gasteiger partial charge in [0.2, 0.25) is 0 Å². The van der Waals surface area contributed by atoms with Crippen LogP contribution in [0.15, 0.2) is 0 Å². The van der Waals surface area contributed by atoms with E-state index in [-0.39, 0.29) is 5.97 Å². The summed E-state index contributed by atoms with van der Waals surface area (Å²) in [5.41, 5.74) is 0. The number of rotatable bonds is 11. The maximum absolute atomic E-state index is 12.2. The van der Waals surface area contributed by atoms with Gasteiger partial charge in [0.15, 0.2) is 0 Å². The lowest BCUT2D eigenvalue weighted by Gasteiger charge is -2.26. The zero-order valence-corrected chi connectivity index (χ0v) is 16.6. The van der Waals surface area contributed by atoms with Gasteiger partial charge in [0, 0.05) is 0 Å². The van der Waals surface area contributed by atoms with Crippen molar-refractivity contribution in [3.8, 4) is 0 Å². The monoisotopic (exact) mass is 354 g/mol. The molecule has 0 aliphatic heterocycles. The number of aliphatic carboxylic acids is 1. The van der Waals surface area contributed by atoms with E-state index in [1.165, 1.54) is 19.3 Å². The first kappa shape index (κ1) is 22.0. The van der Waals surface area contributed by atoms with Crippen molar-refractivity contribution in [1.29, 1.82) is 0 Å². The average molecular weight is 355 g/mol. The number of carboxylic acid groups (broad SMARTS) is 1. The molecule has 1 fully saturated rings. The van der Waals surface area contributed by atoms with Gasteiger partial charge in [0.1, 0.15) is 0 Å². The SMILES string of the molecule is CC(C)C(CCCCCCOC(=O)C1CCCCC1C(=O)O)C(C)C. The van der Waals surface area contributed by atoms with Gasteiger partial charge in [-0.15, -0.1) is 0 Å². The van der Waals surface area contributed by atoms with Gasteiger partial charge in [-0.3, -0.25) is 9.59 Å². The van der Waals surface area contributed by atoms with Crippen molar-refractivity contribution in [1.82, 2.24) is 0 Å². The number of ether oxygens (including phenoxy) is 1. The van der Waals surface area contributed by atoms with Crippen LogP contribution in [0.25, 0.3) is 0 Å². The highest BCUT2D eigenvalue weighted by Gasteiger charge is 2.36. The molecule has 2 atom stereocenters. The smallest absolute Gasteiger partial charge is 0.309 e. The number of carboxylic acids is 1. The van der Waals surface area contributed by atoms with Crippen LogP contribution in [0.2, 0.25) is 0 Å². The molecule has 0 radical (unpaired) electrons. The summed E-state index contributed by atoms with van der Waals surface area (Å²) in [6.07, 6.45) is 8.72. The molecule has 1 aliphatic rings. The number of carbonyl (C=O) groups excluding carboxylic acids is 1. The summed E-state index contributed by atoms with van der Waals surface area (Å²) in [6, 6.07) is 0. The number of carbonyl (C=O) groups is 2. The van der Waals surface area contributed by atoms with Crippen molar-refractivity contribution in [2.45, 2.75) is 85.5 Å². The van der Waals surface area contributed by atoms with Crippen LogP contribution in [0.3, 0.4) is 0 Å². The van der Waals surface area contributed by atoms with Crippen molar-refractivity contribution in [2.24, 2.45) is 29.6 Å². The van der Waals surface area contributed by atoms with Gasteiger partial charge in [0.05, 0.1) is 18.4 Å². The normalized spacial score (nSPS) is 21.1. The molecule has 1 aliphatic carbocycles. The number of esters is 1. The van der Waals surface area contributed by atoms with E-state index >= 15 is 0 Å². The van der Waals surface area contributed by atoms with Crippen molar-refractivity contribution in [2.75, 3.05) is 6.61 Å². The Morgan fingerprint density at radius 2 is 1.48 bits per heavy atom. The van der Waals surface area contributed by atoms with E-state index in [1.807, 2.05) is 0 Å². The molecular formula is C21H38O4. The minimum atomic E-state index is -0.855. The molecule has 4 heteroatoms. The van der Waals surface area contributed by atoms with Gasteiger partial charge < -0.3 is 9.84 Å². The van der Waals surface area contributed by atoms with Crippen LogP contribution in [0, 0.1) is 29.6 Å². The fourth-order valence-corrected chi connectivity index (χ4v) is 4.26. The lowest BCUT2D eigenvalue weighted by Crippen LogP contribution is -2.33. The maximum atomic E-state index is 12.2. The molecule has 1 rings (SSSR count). The van der Waals surface area contributed by atoms with Gasteiger partial charge in [-0.05, 0) is 43.4 Å². The molecule has 0 spiro atoms. The van der Waals surface area contributed by atoms with Crippen LogP contribution in [-0.4, -0.2) is 23.7 Å². The van der Waals surface area contributed by atoms with Crippen LogP contribution in [0.5, 0.6) is 0 Å². The first-order valence-corrected chi connectivity index (χ1v) is 10.2. The molecule has 25 heavy (non-hydrogen) atoms. The second-order valence-corrected chi connectivity index (χ2v) is 8.36. The van der Waals surface area contributed by atoms with Crippen LogP contribution in [0.1, 0.15) is 85.5 Å². The Hall–Kier alpha value is -1.06. The number of hydrogen-bond donors (Lipinski definition) is 1. The van der Waals surface area contributed by atoms with E-state index < -0.39 is 17.8 Å². The zero-order valence-electron chi connectivity index (χ0n) is 16.6. The Bertz CT molecular complexity index is 395. The molecule has 146 valence electrons. The van der Waals surface area contributed by atoms with E-state index in [1.54, 1.807) is 0 Å². The Balaban J connectivity index is 2.16. The minimum absolute atomic E-state index is 0.299. The molecular weight excluding hydrogens is 316 g/mol. The van der Waals surface area contributed by atoms with Crippen molar-refractivity contribution < 1.29 is 19.4 Å². The van der Waals surface area contributed by atoms with Gasteiger partial charge in [-0.2, -0.15) is 0 Å². The van der Waals surface area contributed by atoms with Crippen LogP contribution < -0.4 is 0 Å². The van der Waals surface area contributed by atoms with E-state index in [0.717, 1.165) is 43.4 Å². The molecule has 0 saturated heterocycles. The highest BCUT2D eigenvalue weighted by Crippen LogP contribution is 2.31. The zero-order chi connectivity index (χ0) is 18.8. The first-order valence-electron chi connectivity index (χ1n) is 10.2. The van der Waals surface area contributed by atoms with Crippen molar-refractivity contribution in [3.05, 3.63) is 0 Å². The second-order valence-electron chi connectivity index (χ2n) is 8.36. The third-order valence-corrected chi connectivity index (χ3v) is 5.77. The van der Waals surface area contributed by atoms with Gasteiger partial charge in [0.25, 0.3) is 0 Å². The van der Waals surface area contributed by atoms with Crippen molar-refractivity contribution >= 4 is 11.9 Å². The number of unbranched alkanes of at least 4 members (excludes halogenated alkanes) is 3. The van der Waals surface area contributed by atoms with E-state index in [9.17, 15) is 14.7 Å². The topological polar surface area (TPSA) is 63.6 Å². The Morgan fingerprint density at radius 3 is 2.04 bits per heavy atom. The molecule has 0 amide bonds. The fraction of sp³-hybridized carbons (Fsp3) is 0.905. The lowest BCUT2D eigenvalue weighted by molar-refractivity contribution is -0.159. The highest BCUT2D eigenvalue weighted by molar-refractivity contribution is 5.81. The summed E-state index contributed by atoms with van der Waals surface area (Å²) in [4.78, 5) is 23.4. The second kappa shape index (κ2) is 11.5. The van der Waals surface area contributed by atoms with E-state index in [2.05, 4.69) is 27.7 Å². The first-order chi connectivity index (χ1) is 11.8. The van der Waals surface area contributed by atoms with E-state index in [4.69, 9.17) is 4.74 Å². The predicted molar refractivity (Wildman–Crippen MR) is 100 cm³/mol. The molecule has 0 aromatic rings. The van der Waals surface area contributed by atoms with Crippen LogP contribution >= 0.6 is 0 Å². The van der Waals surface area contributed by atoms with E-state index in [0.29, 0.717) is 19.4 Å². The summed E-state index contributed by atoms with van der Waals surface area (Å²) < 4.78 is 5.36. The summed E-state index contributed by atoms with van der Waals surface area (Å²) in [7, 11) is 0. The Kier molecular flexibility index (Phi) is 10.1. The summed E-state index contributed by atoms with van der Waals surface area (Å²) >= 11 is 0. The molecule has 4 nitrogen and oxygen atoms in total. The minimum Gasteiger partial charge on any atom is -0.481 e. The molecule has 0 bridgehead atoms. The Labute approximate surface area is 153 Å². The quantitative estimate of drug-likeness (QED) is 0.404. The molecule has 2 unspecified atom stereocenters. The highest BCUT2D eigenvalue weighted by atomic mass is 16.5. The van der Waals surface area contributed by atoms with Gasteiger partial charge >= 0.3 is 11.9 Å². The largest absolute Gasteiger partial charge is 0.481 e. The third-order valence-electron chi connectivity index (χ3n) is 5.77. The lowest BCUT2D eigenvalue weighted by atomic mass is 9.79. The summed E-state index contributed by atoms with van der Waals surface area (Å²) in [5.74, 6) is 0.113. The molecule has 0 aromatic carbocycles. The molecule has 0 aromatic heterocycles. The van der Waals surface area contributed by atoms with Gasteiger partial charge in [-0.1, -0.05) is 59.8 Å². The molecule has 0 heterocycles. The van der Waals surface area contributed by atoms with Crippen LogP contribution in [0.4, 0.5) is 0 Å². The van der Waals surface area contributed by atoms with Gasteiger partial charge in [-0.25, -0.2) is 0 Å². The summed E-state index contributed by atoms with van der Waals surface area (Å²) in [6.45, 7) is 9.65. The average Bonchev–Trinajstić information content (AvgIpc) is 2.56. The Morgan fingerprint density at radius 1 is 0.920 bits per heavy atom. The third kappa shape index (κ3) is 7.79. The summed E-state index contributed by atoms with van der Waals surface area (Å²) in [5, 5.41) is 9.24. The number of hydrogen-bond acceptors (Lipinski definition) is 3. The van der Waals surface area contributed by atoms with Crippen LogP contribution in [-0.2, 0) is 14.3 Å². The van der Waals surface area contributed by atoms with Crippen molar-refractivity contribution in [3.63, 3.8) is 0 Å². The fourth-order valence-electron chi connectivity index (χ4n) is 4.26. The molecule has 1 N–H and O–H groups in total. The molecule has 1 saturated carbocycles. The maximum Gasteiger partial charge on any atom is 0.309 e. The standard InChI is InChI=1S/C21H38O4/c1-15(2)17(16(3)4)11-7-5-6-10-14-25-21(24)19-13-9-8-12-18(19)20(22)23/h15-19H,5-14H2,1-4H3,(H,22,23). The predicted octanol–water partition coefficient (Wildman–Crippen LogP) is 5.30.